The van der Waals surface area contributed by atoms with Crippen LogP contribution in [0, 0.1) is 48.1 Å². The molecule has 0 saturated heterocycles. The van der Waals surface area contributed by atoms with Crippen molar-refractivity contribution in [1.29, 1.82) is 0 Å². The zero-order chi connectivity index (χ0) is 17.5. The average Bonchev–Trinajstić information content (AvgIpc) is 3.11. The molecule has 3 heteroatoms. The molecule has 0 N–H and O–H groups in total. The van der Waals surface area contributed by atoms with E-state index in [4.69, 9.17) is 11.2 Å². The van der Waals surface area contributed by atoms with Crippen molar-refractivity contribution in [3.05, 3.63) is 63.4 Å². The summed E-state index contributed by atoms with van der Waals surface area (Å²) in [5, 5.41) is 3.57. The van der Waals surface area contributed by atoms with Crippen LogP contribution in [0.15, 0.2) is 57.8 Å². The molecule has 0 amide bonds. The number of hydrogen-bond donors (Lipinski definition) is 0. The van der Waals surface area contributed by atoms with Crippen LogP contribution in [-0.2, 0) is 9.53 Å². The van der Waals surface area contributed by atoms with Crippen LogP contribution < -0.4 is 0 Å². The third kappa shape index (κ3) is 7.02. The van der Waals surface area contributed by atoms with Crippen molar-refractivity contribution < 1.29 is 9.53 Å². The van der Waals surface area contributed by atoms with Crippen molar-refractivity contribution in [3.8, 4) is 48.1 Å². The summed E-state index contributed by atoms with van der Waals surface area (Å²) in [5.41, 5.74) is 15.7. The normalized spacial score (nSPS) is 6.29. The third-order valence-electron chi connectivity index (χ3n) is 1.99. The largest absolute Gasteiger partial charge is 0.367 e. The van der Waals surface area contributed by atoms with E-state index in [1.54, 1.807) is 11.4 Å². The molecule has 0 spiro atoms. The third-order valence-corrected chi connectivity index (χ3v) is 2.68. The maximum absolute atomic E-state index is 12.0. The molecule has 0 aliphatic carbocycles. The number of carbonyl (C=O) groups excluding carboxylic acids is 1. The first kappa shape index (κ1) is 17.9. The van der Waals surface area contributed by atoms with E-state index >= 15 is 0 Å². The van der Waals surface area contributed by atoms with Crippen LogP contribution in [-0.4, -0.2) is 5.97 Å². The summed E-state index contributed by atoms with van der Waals surface area (Å²) in [4.78, 5) is 12.0. The van der Waals surface area contributed by atoms with Gasteiger partial charge in [-0.1, -0.05) is 5.73 Å². The first-order valence-electron chi connectivity index (χ1n) is 6.14. The smallest absolute Gasteiger partial charge is 0.361 e. The van der Waals surface area contributed by atoms with Gasteiger partial charge in [0.05, 0.1) is 0 Å². The van der Waals surface area contributed by atoms with Crippen LogP contribution in [0.4, 0.5) is 0 Å². The van der Waals surface area contributed by atoms with Crippen molar-refractivity contribution in [2.24, 2.45) is 0 Å². The number of hydrogen-bond acceptors (Lipinski definition) is 3. The molecule has 0 atom stereocenters. The summed E-state index contributed by atoms with van der Waals surface area (Å²) in [6.07, 6.45) is 7.09. The summed E-state index contributed by atoms with van der Waals surface area (Å²) >= 11 is 1.42. The van der Waals surface area contributed by atoms with Gasteiger partial charge in [0, 0.05) is 23.3 Å². The fourth-order valence-electron chi connectivity index (χ4n) is 1.13. The van der Waals surface area contributed by atoms with Crippen LogP contribution in [0.3, 0.4) is 0 Å². The lowest BCUT2D eigenvalue weighted by Crippen LogP contribution is -2.01. The SMILES string of the molecule is C#CC#CC#CC#COC(=O)C(=C=C=C=C=C=C=C)c1ccsc1. The highest BCUT2D eigenvalue weighted by atomic mass is 32.1. The number of rotatable bonds is 2. The van der Waals surface area contributed by atoms with Crippen molar-refractivity contribution in [3.63, 3.8) is 0 Å². The topological polar surface area (TPSA) is 26.3 Å². The average molecular weight is 322 g/mol. The maximum atomic E-state index is 12.0. The molecule has 1 aromatic rings. The van der Waals surface area contributed by atoms with Gasteiger partial charge in [0.15, 0.2) is 0 Å². The Bertz CT molecular complexity index is 1080. The van der Waals surface area contributed by atoms with Gasteiger partial charge >= 0.3 is 5.97 Å². The molecule has 108 valence electrons. The van der Waals surface area contributed by atoms with Gasteiger partial charge in [-0.25, -0.2) is 4.79 Å². The molecule has 1 aromatic heterocycles. The van der Waals surface area contributed by atoms with E-state index in [1.165, 1.54) is 11.3 Å². The summed E-state index contributed by atoms with van der Waals surface area (Å²) in [5.74, 6) is 13.1. The zero-order valence-electron chi connectivity index (χ0n) is 12.2. The number of terminal acetylenes is 1. The molecule has 0 radical (unpaired) electrons. The minimum atomic E-state index is -0.699. The van der Waals surface area contributed by atoms with Crippen LogP contribution in [0.1, 0.15) is 5.56 Å². The fourth-order valence-corrected chi connectivity index (χ4v) is 1.77. The van der Waals surface area contributed by atoms with Gasteiger partial charge in [-0.05, 0) is 69.8 Å². The van der Waals surface area contributed by atoms with Crippen LogP contribution in [0.25, 0.3) is 5.57 Å². The Labute approximate surface area is 144 Å². The Morgan fingerprint density at radius 2 is 1.83 bits per heavy atom. The highest BCUT2D eigenvalue weighted by Gasteiger charge is 2.13. The standard InChI is InChI=1S/C21H6O2S/c1-3-5-7-9-11-13-16-23-21(22)20(19-15-17-24-18-19)14-12-10-8-6-4-2/h1,15,17-18H,2H2. The van der Waals surface area contributed by atoms with Gasteiger partial charge in [0.2, 0.25) is 0 Å². The lowest BCUT2D eigenvalue weighted by molar-refractivity contribution is -0.130. The second kappa shape index (κ2) is 11.5. The van der Waals surface area contributed by atoms with Crippen LogP contribution >= 0.6 is 11.3 Å². The Morgan fingerprint density at radius 3 is 2.54 bits per heavy atom. The molecular weight excluding hydrogens is 316 g/mol. The van der Waals surface area contributed by atoms with Crippen molar-refractivity contribution in [2.45, 2.75) is 0 Å². The van der Waals surface area contributed by atoms with E-state index in [0.29, 0.717) is 5.56 Å². The first-order chi connectivity index (χ1) is 11.8. The molecule has 0 bridgehead atoms. The van der Waals surface area contributed by atoms with E-state index in [9.17, 15) is 4.79 Å². The number of esters is 1. The first-order valence-corrected chi connectivity index (χ1v) is 7.08. The second-order valence-corrected chi connectivity index (χ2v) is 4.23. The van der Waals surface area contributed by atoms with Gasteiger partial charge in [-0.2, -0.15) is 11.3 Å². The van der Waals surface area contributed by atoms with Gasteiger partial charge in [0.1, 0.15) is 11.7 Å². The quantitative estimate of drug-likeness (QED) is 0.362. The van der Waals surface area contributed by atoms with Gasteiger partial charge in [-0.3, -0.25) is 0 Å². The highest BCUT2D eigenvalue weighted by Crippen LogP contribution is 2.17. The summed E-state index contributed by atoms with van der Waals surface area (Å²) in [6.45, 7) is 3.32. The van der Waals surface area contributed by atoms with Gasteiger partial charge < -0.3 is 4.74 Å². The lowest BCUT2D eigenvalue weighted by atomic mass is 10.1. The zero-order valence-corrected chi connectivity index (χ0v) is 13.1. The Kier molecular flexibility index (Phi) is 8.56. The molecule has 0 saturated carbocycles. The van der Waals surface area contributed by atoms with Gasteiger partial charge in [0.25, 0.3) is 0 Å². The molecule has 0 aliphatic rings. The fraction of sp³-hybridized carbons (Fsp3) is 0. The second-order valence-electron chi connectivity index (χ2n) is 3.45. The van der Waals surface area contributed by atoms with E-state index in [-0.39, 0.29) is 5.57 Å². The van der Waals surface area contributed by atoms with E-state index in [2.05, 4.69) is 82.6 Å². The summed E-state index contributed by atoms with van der Waals surface area (Å²) in [7, 11) is 0. The van der Waals surface area contributed by atoms with Crippen molar-refractivity contribution in [1.82, 2.24) is 0 Å². The molecule has 0 unspecified atom stereocenters. The minimum absolute atomic E-state index is 0.141. The van der Waals surface area contributed by atoms with E-state index in [0.717, 1.165) is 0 Å². The predicted octanol–water partition coefficient (Wildman–Crippen LogP) is 2.84. The van der Waals surface area contributed by atoms with Crippen LogP contribution in [0.2, 0.25) is 0 Å². The van der Waals surface area contributed by atoms with Crippen LogP contribution in [0.5, 0.6) is 0 Å². The molecule has 24 heavy (non-hydrogen) atoms. The Balaban J connectivity index is 3.10. The minimum Gasteiger partial charge on any atom is -0.367 e. The Hall–Kier alpha value is -4.17. The molecular formula is C21H6O2S. The summed E-state index contributed by atoms with van der Waals surface area (Å²) in [6, 6.07) is 1.74. The van der Waals surface area contributed by atoms with E-state index in [1.807, 2.05) is 5.38 Å². The van der Waals surface area contributed by atoms with Crippen molar-refractivity contribution >= 4 is 22.9 Å². The number of ether oxygens (including phenoxy) is 1. The predicted molar refractivity (Wildman–Crippen MR) is 92.7 cm³/mol. The van der Waals surface area contributed by atoms with Gasteiger partial charge in [-0.15, -0.1) is 6.42 Å². The molecule has 2 nitrogen and oxygen atoms in total. The molecule has 0 aliphatic heterocycles. The monoisotopic (exact) mass is 322 g/mol. The molecule has 1 rings (SSSR count). The molecule has 1 heterocycles. The van der Waals surface area contributed by atoms with Crippen molar-refractivity contribution in [2.75, 3.05) is 0 Å². The summed E-state index contributed by atoms with van der Waals surface area (Å²) < 4.78 is 4.80. The number of carbonyl (C=O) groups is 1. The maximum Gasteiger partial charge on any atom is 0.361 e. The van der Waals surface area contributed by atoms with E-state index < -0.39 is 5.97 Å². The molecule has 0 aromatic carbocycles. The number of thiophene rings is 1. The lowest BCUT2D eigenvalue weighted by Gasteiger charge is -1.96. The highest BCUT2D eigenvalue weighted by molar-refractivity contribution is 7.08. The molecule has 0 fully saturated rings. The Morgan fingerprint density at radius 1 is 1.08 bits per heavy atom.